The predicted octanol–water partition coefficient (Wildman–Crippen LogP) is 2.77. The smallest absolute Gasteiger partial charge is 0.358 e. The molecule has 0 amide bonds. The van der Waals surface area contributed by atoms with E-state index in [2.05, 4.69) is 22.5 Å². The molecule has 0 fully saturated rings. The summed E-state index contributed by atoms with van der Waals surface area (Å²) in [6.07, 6.45) is 0. The summed E-state index contributed by atoms with van der Waals surface area (Å²) in [7, 11) is 3.56. The Kier molecular flexibility index (Phi) is 3.30. The summed E-state index contributed by atoms with van der Waals surface area (Å²) in [5, 5.41) is 9.07. The zero-order valence-electron chi connectivity index (χ0n) is 13.8. The average Bonchev–Trinajstić information content (AvgIpc) is 2.91. The third-order valence-corrected chi connectivity index (χ3v) is 4.09. The first-order chi connectivity index (χ1) is 11.7. The molecular formula is C18H18N5O+. The van der Waals surface area contributed by atoms with Crippen molar-refractivity contribution in [1.82, 2.24) is 14.8 Å². The molecule has 2 aromatic heterocycles. The summed E-state index contributed by atoms with van der Waals surface area (Å²) < 4.78 is 9.02. The van der Waals surface area contributed by atoms with E-state index in [9.17, 15) is 0 Å². The van der Waals surface area contributed by atoms with Crippen molar-refractivity contribution in [3.05, 3.63) is 54.2 Å². The van der Waals surface area contributed by atoms with Crippen molar-refractivity contribution in [1.29, 1.82) is 0 Å². The lowest BCUT2D eigenvalue weighted by Crippen LogP contribution is -2.26. The minimum Gasteiger partial charge on any atom is -0.497 e. The lowest BCUT2D eigenvalue weighted by Gasteiger charge is -2.04. The highest BCUT2D eigenvalue weighted by Crippen LogP contribution is 2.20. The van der Waals surface area contributed by atoms with Crippen LogP contribution in [-0.2, 0) is 7.05 Å². The van der Waals surface area contributed by atoms with Gasteiger partial charge in [-0.3, -0.25) is 5.32 Å². The van der Waals surface area contributed by atoms with Gasteiger partial charge in [0.1, 0.15) is 5.75 Å². The Morgan fingerprint density at radius 2 is 1.83 bits per heavy atom. The van der Waals surface area contributed by atoms with E-state index in [-0.39, 0.29) is 0 Å². The molecule has 4 aromatic rings. The van der Waals surface area contributed by atoms with Crippen molar-refractivity contribution >= 4 is 28.3 Å². The maximum Gasteiger partial charge on any atom is 0.358 e. The quantitative estimate of drug-likeness (QED) is 0.590. The predicted molar refractivity (Wildman–Crippen MR) is 92.7 cm³/mol. The van der Waals surface area contributed by atoms with Crippen LogP contribution in [0, 0.1) is 6.92 Å². The summed E-state index contributed by atoms with van der Waals surface area (Å²) in [5.74, 6) is 2.34. The van der Waals surface area contributed by atoms with Gasteiger partial charge in [0, 0.05) is 5.39 Å². The van der Waals surface area contributed by atoms with Gasteiger partial charge in [0.15, 0.2) is 0 Å². The van der Waals surface area contributed by atoms with E-state index in [1.54, 1.807) is 11.8 Å². The number of para-hydroxylation sites is 1. The maximum atomic E-state index is 5.20. The first kappa shape index (κ1) is 14.4. The van der Waals surface area contributed by atoms with Crippen LogP contribution in [0.1, 0.15) is 5.69 Å². The molecule has 0 bridgehead atoms. The topological polar surface area (TPSA) is 56.1 Å². The standard InChI is InChI=1S/C18H18N5O/c1-12-15-6-4-5-7-16(15)23-17(21-22(2)18(23)19-12)20-13-8-10-14(24-3)11-9-13/h4-11H,1-3H3,(H,20,21)/q+1. The number of hydrogen-bond acceptors (Lipinski definition) is 4. The largest absolute Gasteiger partial charge is 0.497 e. The van der Waals surface area contributed by atoms with Crippen LogP contribution in [0.25, 0.3) is 16.7 Å². The van der Waals surface area contributed by atoms with Crippen molar-refractivity contribution in [3.8, 4) is 5.75 Å². The second-order valence-corrected chi connectivity index (χ2v) is 5.65. The van der Waals surface area contributed by atoms with Crippen LogP contribution >= 0.6 is 0 Å². The van der Waals surface area contributed by atoms with Gasteiger partial charge < -0.3 is 4.74 Å². The van der Waals surface area contributed by atoms with Crippen LogP contribution in [0.2, 0.25) is 0 Å². The molecule has 6 heteroatoms. The Morgan fingerprint density at radius 3 is 2.58 bits per heavy atom. The SMILES string of the molecule is COc1ccc(Nc2nn(C)c3nc(C)c4ccccc4[n+]23)cc1. The number of aryl methyl sites for hydroxylation is 2. The number of nitrogens with one attached hydrogen (secondary N) is 1. The number of methoxy groups -OCH3 is 1. The highest BCUT2D eigenvalue weighted by Gasteiger charge is 2.21. The van der Waals surface area contributed by atoms with Crippen LogP contribution in [-0.4, -0.2) is 21.9 Å². The van der Waals surface area contributed by atoms with Gasteiger partial charge in [0.2, 0.25) is 0 Å². The molecule has 0 aliphatic carbocycles. The average molecular weight is 320 g/mol. The van der Waals surface area contributed by atoms with E-state index in [1.165, 1.54) is 0 Å². The second kappa shape index (κ2) is 5.49. The number of rotatable bonds is 3. The van der Waals surface area contributed by atoms with Gasteiger partial charge in [0.05, 0.1) is 31.1 Å². The van der Waals surface area contributed by atoms with Crippen molar-refractivity contribution in [2.24, 2.45) is 7.05 Å². The van der Waals surface area contributed by atoms with Gasteiger partial charge in [-0.2, -0.15) is 4.40 Å². The number of benzene rings is 2. The van der Waals surface area contributed by atoms with Crippen molar-refractivity contribution in [2.45, 2.75) is 6.92 Å². The fourth-order valence-corrected chi connectivity index (χ4v) is 2.88. The summed E-state index contributed by atoms with van der Waals surface area (Å²) in [6, 6.07) is 16.0. The number of anilines is 2. The molecule has 0 unspecified atom stereocenters. The lowest BCUT2D eigenvalue weighted by atomic mass is 10.2. The van der Waals surface area contributed by atoms with Crippen molar-refractivity contribution in [3.63, 3.8) is 0 Å². The molecule has 0 radical (unpaired) electrons. The van der Waals surface area contributed by atoms with Crippen LogP contribution in [0.4, 0.5) is 11.6 Å². The van der Waals surface area contributed by atoms with Crippen LogP contribution in [0.3, 0.4) is 0 Å². The molecule has 4 rings (SSSR count). The van der Waals surface area contributed by atoms with Crippen LogP contribution < -0.4 is 14.5 Å². The molecule has 0 aliphatic heterocycles. The van der Waals surface area contributed by atoms with Gasteiger partial charge in [-0.05, 0) is 48.4 Å². The number of aromatic nitrogens is 4. The van der Waals surface area contributed by atoms with Gasteiger partial charge >= 0.3 is 11.7 Å². The fraction of sp³-hybridized carbons (Fsp3) is 0.167. The first-order valence-corrected chi connectivity index (χ1v) is 7.72. The van der Waals surface area contributed by atoms with E-state index >= 15 is 0 Å². The number of fused-ring (bicyclic) bond motifs is 3. The molecule has 6 nitrogen and oxygen atoms in total. The molecule has 0 spiro atoms. The van der Waals surface area contributed by atoms with Gasteiger partial charge in [-0.25, -0.2) is 0 Å². The third kappa shape index (κ3) is 2.23. The normalized spacial score (nSPS) is 11.1. The number of hydrogen-bond donors (Lipinski definition) is 1. The van der Waals surface area contributed by atoms with E-state index in [0.29, 0.717) is 0 Å². The Morgan fingerprint density at radius 1 is 1.08 bits per heavy atom. The summed E-state index contributed by atoms with van der Waals surface area (Å²) in [4.78, 5) is 4.70. The molecule has 24 heavy (non-hydrogen) atoms. The monoisotopic (exact) mass is 320 g/mol. The summed E-state index contributed by atoms with van der Waals surface area (Å²) >= 11 is 0. The Bertz CT molecular complexity index is 1040. The highest BCUT2D eigenvalue weighted by molar-refractivity contribution is 5.79. The van der Waals surface area contributed by atoms with Crippen molar-refractivity contribution < 1.29 is 9.14 Å². The molecule has 0 saturated carbocycles. The molecule has 0 atom stereocenters. The summed E-state index contributed by atoms with van der Waals surface area (Å²) in [6.45, 7) is 2.02. The van der Waals surface area contributed by atoms with Crippen molar-refractivity contribution in [2.75, 3.05) is 12.4 Å². The van der Waals surface area contributed by atoms with E-state index in [0.717, 1.165) is 39.8 Å². The zero-order chi connectivity index (χ0) is 16.7. The van der Waals surface area contributed by atoms with E-state index < -0.39 is 0 Å². The lowest BCUT2D eigenvalue weighted by molar-refractivity contribution is -0.468. The minimum atomic E-state index is 0.723. The second-order valence-electron chi connectivity index (χ2n) is 5.65. The van der Waals surface area contributed by atoms with Crippen LogP contribution in [0.15, 0.2) is 48.5 Å². The third-order valence-electron chi connectivity index (χ3n) is 4.09. The fourth-order valence-electron chi connectivity index (χ4n) is 2.88. The Labute approximate surface area is 139 Å². The molecule has 0 aliphatic rings. The van der Waals surface area contributed by atoms with E-state index in [4.69, 9.17) is 9.72 Å². The molecular weight excluding hydrogens is 302 g/mol. The van der Waals surface area contributed by atoms with E-state index in [1.807, 2.05) is 54.8 Å². The van der Waals surface area contributed by atoms with Gasteiger partial charge in [0.25, 0.3) is 0 Å². The molecule has 2 aromatic carbocycles. The van der Waals surface area contributed by atoms with Gasteiger partial charge in [-0.1, -0.05) is 12.1 Å². The number of ether oxygens (including phenoxy) is 1. The molecule has 2 heterocycles. The Balaban J connectivity index is 1.90. The first-order valence-electron chi connectivity index (χ1n) is 7.72. The molecule has 0 saturated heterocycles. The minimum absolute atomic E-state index is 0.723. The zero-order valence-corrected chi connectivity index (χ0v) is 13.8. The molecule has 1 N–H and O–H groups in total. The Hall–Kier alpha value is -3.15. The van der Waals surface area contributed by atoms with Crippen LogP contribution in [0.5, 0.6) is 5.75 Å². The van der Waals surface area contributed by atoms with Gasteiger partial charge in [-0.15, -0.1) is 9.67 Å². The maximum absolute atomic E-state index is 5.20. The summed E-state index contributed by atoms with van der Waals surface area (Å²) in [5.41, 5.74) is 3.00. The number of nitrogens with zero attached hydrogens (tertiary/aromatic N) is 4. The molecule has 120 valence electrons. The highest BCUT2D eigenvalue weighted by atomic mass is 16.5.